The molecule has 0 aliphatic heterocycles. The highest BCUT2D eigenvalue weighted by Gasteiger charge is 2.26. The van der Waals surface area contributed by atoms with Crippen molar-refractivity contribution in [3.8, 4) is 16.9 Å². The third-order valence-corrected chi connectivity index (χ3v) is 4.23. The molecule has 0 bridgehead atoms. The van der Waals surface area contributed by atoms with Gasteiger partial charge in [0.25, 0.3) is 5.69 Å². The number of halogens is 4. The van der Waals surface area contributed by atoms with Crippen LogP contribution in [0.4, 0.5) is 18.9 Å². The van der Waals surface area contributed by atoms with Crippen LogP contribution in [0.1, 0.15) is 12.8 Å². The van der Waals surface area contributed by atoms with Crippen LogP contribution >= 0.6 is 23.6 Å². The molecule has 2 aromatic carbocycles. The minimum Gasteiger partial charge on any atom is -0.426 e. The average Bonchev–Trinajstić information content (AvgIpc) is 2.53. The molecule has 4 nitrogen and oxygen atoms in total. The van der Waals surface area contributed by atoms with E-state index in [4.69, 9.17) is 15.8 Å². The zero-order chi connectivity index (χ0) is 18.4. The van der Waals surface area contributed by atoms with Gasteiger partial charge in [-0.3, -0.25) is 10.1 Å². The second-order valence-corrected chi connectivity index (χ2v) is 6.26. The Morgan fingerprint density at radius 3 is 2.60 bits per heavy atom. The van der Waals surface area contributed by atoms with Gasteiger partial charge in [-0.15, -0.1) is 0 Å². The molecule has 134 valence electrons. The van der Waals surface area contributed by atoms with Gasteiger partial charge in [-0.2, -0.15) is 13.2 Å². The van der Waals surface area contributed by atoms with E-state index in [1.54, 1.807) is 36.4 Å². The van der Waals surface area contributed by atoms with Gasteiger partial charge in [0, 0.05) is 12.2 Å². The van der Waals surface area contributed by atoms with Crippen molar-refractivity contribution in [2.75, 3.05) is 5.75 Å². The van der Waals surface area contributed by atoms with Gasteiger partial charge in [-0.1, -0.05) is 29.8 Å². The van der Waals surface area contributed by atoms with Gasteiger partial charge < -0.3 is 4.18 Å². The summed E-state index contributed by atoms with van der Waals surface area (Å²) in [7, 11) is 0. The van der Waals surface area contributed by atoms with Crippen molar-refractivity contribution < 1.29 is 22.3 Å². The molecule has 0 atom stereocenters. The quantitative estimate of drug-likeness (QED) is 0.241. The van der Waals surface area contributed by atoms with E-state index in [1.165, 1.54) is 6.07 Å². The lowest BCUT2D eigenvalue weighted by molar-refractivity contribution is -0.384. The van der Waals surface area contributed by atoms with Crippen molar-refractivity contribution in [1.82, 2.24) is 0 Å². The Morgan fingerprint density at radius 1 is 1.20 bits per heavy atom. The summed E-state index contributed by atoms with van der Waals surface area (Å²) < 4.78 is 41.6. The predicted octanol–water partition coefficient (Wildman–Crippen LogP) is 6.28. The fourth-order valence-corrected chi connectivity index (χ4v) is 2.92. The van der Waals surface area contributed by atoms with Crippen molar-refractivity contribution in [1.29, 1.82) is 0 Å². The summed E-state index contributed by atoms with van der Waals surface area (Å²) in [6, 6.07) is 11.1. The fourth-order valence-electron chi connectivity index (χ4n) is 2.09. The highest BCUT2D eigenvalue weighted by molar-refractivity contribution is 7.95. The highest BCUT2D eigenvalue weighted by atomic mass is 35.5. The Hall–Kier alpha value is -1.93. The smallest absolute Gasteiger partial charge is 0.389 e. The first-order valence-corrected chi connectivity index (χ1v) is 8.46. The molecular formula is C16H13ClF3NO3S. The van der Waals surface area contributed by atoms with Crippen molar-refractivity contribution in [2.45, 2.75) is 19.0 Å². The molecule has 0 heterocycles. The minimum absolute atomic E-state index is 0.0235. The number of hydrogen-bond donors (Lipinski definition) is 0. The van der Waals surface area contributed by atoms with Crippen LogP contribution in [0.25, 0.3) is 11.1 Å². The lowest BCUT2D eigenvalue weighted by atomic mass is 10.0. The molecule has 0 fully saturated rings. The van der Waals surface area contributed by atoms with Gasteiger partial charge in [-0.05, 0) is 36.2 Å². The van der Waals surface area contributed by atoms with Crippen LogP contribution in [0.15, 0.2) is 42.5 Å². The first-order chi connectivity index (χ1) is 11.8. The number of nitro groups is 1. The largest absolute Gasteiger partial charge is 0.426 e. The van der Waals surface area contributed by atoms with E-state index in [-0.39, 0.29) is 22.9 Å². The van der Waals surface area contributed by atoms with E-state index in [9.17, 15) is 23.3 Å². The fraction of sp³-hybridized carbons (Fsp3) is 0.250. The van der Waals surface area contributed by atoms with Crippen LogP contribution in [0.2, 0.25) is 5.02 Å². The molecule has 0 aromatic heterocycles. The summed E-state index contributed by atoms with van der Waals surface area (Å²) in [6.45, 7) is 0. The molecule has 0 spiro atoms. The number of hydrogen-bond acceptors (Lipinski definition) is 4. The van der Waals surface area contributed by atoms with Crippen molar-refractivity contribution in [3.63, 3.8) is 0 Å². The van der Waals surface area contributed by atoms with E-state index in [0.29, 0.717) is 16.9 Å². The Balaban J connectivity index is 2.07. The first kappa shape index (κ1) is 19.4. The highest BCUT2D eigenvalue weighted by Crippen LogP contribution is 2.37. The summed E-state index contributed by atoms with van der Waals surface area (Å²) in [5.41, 5.74) is 0.659. The maximum Gasteiger partial charge on any atom is 0.389 e. The maximum absolute atomic E-state index is 12.1. The SMILES string of the molecule is O=[N+]([O-])c1c(Cl)cccc1-c1cccc(OSCCCC(F)(F)F)c1. The third kappa shape index (κ3) is 5.82. The predicted molar refractivity (Wildman–Crippen MR) is 91.9 cm³/mol. The lowest BCUT2D eigenvalue weighted by Crippen LogP contribution is -2.07. The summed E-state index contributed by atoms with van der Waals surface area (Å²) in [6.07, 6.45) is -5.09. The molecule has 0 amide bonds. The molecular weight excluding hydrogens is 379 g/mol. The molecule has 25 heavy (non-hydrogen) atoms. The molecule has 0 saturated carbocycles. The van der Waals surface area contributed by atoms with Crippen LogP contribution in [-0.4, -0.2) is 16.9 Å². The zero-order valence-corrected chi connectivity index (χ0v) is 14.3. The second-order valence-electron chi connectivity index (χ2n) is 5.04. The second kappa shape index (κ2) is 8.44. The number of nitrogens with zero attached hydrogens (tertiary/aromatic N) is 1. The molecule has 0 unspecified atom stereocenters. The van der Waals surface area contributed by atoms with Crippen molar-refractivity contribution >= 4 is 29.3 Å². The molecule has 0 radical (unpaired) electrons. The van der Waals surface area contributed by atoms with E-state index in [0.717, 1.165) is 12.0 Å². The molecule has 2 aromatic rings. The minimum atomic E-state index is -4.17. The van der Waals surface area contributed by atoms with Gasteiger partial charge in [0.2, 0.25) is 0 Å². The monoisotopic (exact) mass is 391 g/mol. The number of nitro benzene ring substituents is 1. The summed E-state index contributed by atoms with van der Waals surface area (Å²) >= 11 is 6.80. The van der Waals surface area contributed by atoms with E-state index in [1.807, 2.05) is 0 Å². The number of rotatable bonds is 7. The van der Waals surface area contributed by atoms with Crippen LogP contribution in [0.3, 0.4) is 0 Å². The van der Waals surface area contributed by atoms with Crippen LogP contribution in [-0.2, 0) is 0 Å². The molecule has 9 heteroatoms. The van der Waals surface area contributed by atoms with Crippen molar-refractivity contribution in [2.24, 2.45) is 0 Å². The summed E-state index contributed by atoms with van der Waals surface area (Å²) in [5.74, 6) is 0.574. The van der Waals surface area contributed by atoms with Gasteiger partial charge in [0.05, 0.1) is 22.5 Å². The van der Waals surface area contributed by atoms with Gasteiger partial charge in [0.1, 0.15) is 10.8 Å². The van der Waals surface area contributed by atoms with E-state index in [2.05, 4.69) is 0 Å². The zero-order valence-electron chi connectivity index (χ0n) is 12.8. The number of para-hydroxylation sites is 1. The normalized spacial score (nSPS) is 11.4. The lowest BCUT2D eigenvalue weighted by Gasteiger charge is -2.08. The Labute approximate surface area is 151 Å². The maximum atomic E-state index is 12.1. The Morgan fingerprint density at radius 2 is 1.92 bits per heavy atom. The van der Waals surface area contributed by atoms with Crippen LogP contribution in [0.5, 0.6) is 5.75 Å². The van der Waals surface area contributed by atoms with Gasteiger partial charge >= 0.3 is 6.18 Å². The number of alkyl halides is 3. The molecule has 0 saturated heterocycles. The van der Waals surface area contributed by atoms with Gasteiger partial charge in [-0.25, -0.2) is 0 Å². The summed E-state index contributed by atoms with van der Waals surface area (Å²) in [5, 5.41) is 11.2. The Bertz CT molecular complexity index is 756. The summed E-state index contributed by atoms with van der Waals surface area (Å²) in [4.78, 5) is 10.7. The third-order valence-electron chi connectivity index (χ3n) is 3.16. The molecule has 0 aliphatic rings. The first-order valence-electron chi connectivity index (χ1n) is 7.17. The van der Waals surface area contributed by atoms with E-state index >= 15 is 0 Å². The number of benzene rings is 2. The Kier molecular flexibility index (Phi) is 6.55. The van der Waals surface area contributed by atoms with Gasteiger partial charge in [0.15, 0.2) is 0 Å². The van der Waals surface area contributed by atoms with Crippen molar-refractivity contribution in [3.05, 3.63) is 57.6 Å². The average molecular weight is 392 g/mol. The topological polar surface area (TPSA) is 52.4 Å². The van der Waals surface area contributed by atoms with E-state index < -0.39 is 17.5 Å². The standard InChI is InChI=1S/C16H13ClF3NO3S/c17-14-7-2-6-13(15(14)21(22)23)11-4-1-5-12(10-11)24-25-9-3-8-16(18,19)20/h1-2,4-7,10H,3,8-9H2. The van der Waals surface area contributed by atoms with Crippen LogP contribution in [0, 0.1) is 10.1 Å². The van der Waals surface area contributed by atoms with Crippen LogP contribution < -0.4 is 4.18 Å². The molecule has 0 N–H and O–H groups in total. The molecule has 0 aliphatic carbocycles. The molecule has 2 rings (SSSR count).